The molecule has 104 valence electrons. The van der Waals surface area contributed by atoms with Crippen molar-refractivity contribution in [3.05, 3.63) is 39.9 Å². The smallest absolute Gasteiger partial charge is 0.317 e. The predicted molar refractivity (Wildman–Crippen MR) is 70.9 cm³/mol. The Kier molecular flexibility index (Phi) is 4.61. The lowest BCUT2D eigenvalue weighted by atomic mass is 10.0. The van der Waals surface area contributed by atoms with E-state index in [-0.39, 0.29) is 24.3 Å². The summed E-state index contributed by atoms with van der Waals surface area (Å²) in [4.78, 5) is 23.1. The van der Waals surface area contributed by atoms with Crippen molar-refractivity contribution in [3.63, 3.8) is 0 Å². The van der Waals surface area contributed by atoms with Gasteiger partial charge in [0.15, 0.2) is 0 Å². The number of benzene rings is 1. The molecule has 0 aromatic heterocycles. The van der Waals surface area contributed by atoms with Crippen LogP contribution in [0.3, 0.4) is 0 Å². The molecular formula is C13H18N2O4. The Bertz CT molecular complexity index is 480. The lowest BCUT2D eigenvalue weighted by molar-refractivity contribution is -0.385. The van der Waals surface area contributed by atoms with Crippen LogP contribution in [0.5, 0.6) is 0 Å². The number of rotatable bonds is 5. The Morgan fingerprint density at radius 3 is 2.42 bits per heavy atom. The fraction of sp³-hybridized carbons (Fsp3) is 0.462. The summed E-state index contributed by atoms with van der Waals surface area (Å²) < 4.78 is 0. The Labute approximate surface area is 111 Å². The van der Waals surface area contributed by atoms with Gasteiger partial charge in [-0.1, -0.05) is 18.2 Å². The minimum absolute atomic E-state index is 0.0159. The number of hydrogen-bond acceptors (Lipinski definition) is 4. The zero-order valence-electron chi connectivity index (χ0n) is 11.3. The van der Waals surface area contributed by atoms with Crippen molar-refractivity contribution in [1.82, 2.24) is 4.90 Å². The summed E-state index contributed by atoms with van der Waals surface area (Å²) in [6.45, 7) is 5.71. The van der Waals surface area contributed by atoms with E-state index in [1.165, 1.54) is 6.07 Å². The van der Waals surface area contributed by atoms with Gasteiger partial charge in [0.25, 0.3) is 5.69 Å². The fourth-order valence-electron chi connectivity index (χ4n) is 1.72. The van der Waals surface area contributed by atoms with Crippen LogP contribution in [0.1, 0.15) is 26.3 Å². The van der Waals surface area contributed by atoms with Crippen LogP contribution in [-0.4, -0.2) is 33.0 Å². The Balaban J connectivity index is 3.03. The molecule has 0 aliphatic heterocycles. The van der Waals surface area contributed by atoms with Crippen LogP contribution in [0, 0.1) is 10.1 Å². The van der Waals surface area contributed by atoms with Gasteiger partial charge in [-0.25, -0.2) is 0 Å². The quantitative estimate of drug-likeness (QED) is 0.653. The van der Waals surface area contributed by atoms with E-state index in [0.29, 0.717) is 5.56 Å². The predicted octanol–water partition coefficient (Wildman–Crippen LogP) is 2.28. The van der Waals surface area contributed by atoms with E-state index in [2.05, 4.69) is 0 Å². The molecular weight excluding hydrogens is 248 g/mol. The molecule has 0 atom stereocenters. The molecule has 0 unspecified atom stereocenters. The van der Waals surface area contributed by atoms with Gasteiger partial charge in [0.2, 0.25) is 0 Å². The molecule has 0 heterocycles. The SMILES string of the molecule is CC(C)(C)N(CC(=O)O)Cc1ccccc1[N+](=O)[O-]. The van der Waals surface area contributed by atoms with Crippen LogP contribution < -0.4 is 0 Å². The number of para-hydroxylation sites is 1. The molecule has 0 saturated carbocycles. The first-order valence-corrected chi connectivity index (χ1v) is 5.91. The van der Waals surface area contributed by atoms with Crippen molar-refractivity contribution in [3.8, 4) is 0 Å². The number of carboxylic acids is 1. The minimum Gasteiger partial charge on any atom is -0.480 e. The maximum absolute atomic E-state index is 10.9. The summed E-state index contributed by atoms with van der Waals surface area (Å²) in [6.07, 6.45) is 0. The summed E-state index contributed by atoms with van der Waals surface area (Å²) in [5.74, 6) is -0.950. The van der Waals surface area contributed by atoms with E-state index >= 15 is 0 Å². The van der Waals surface area contributed by atoms with Gasteiger partial charge < -0.3 is 5.11 Å². The summed E-state index contributed by atoms with van der Waals surface area (Å²) in [5, 5.41) is 19.9. The zero-order valence-corrected chi connectivity index (χ0v) is 11.3. The van der Waals surface area contributed by atoms with Crippen LogP contribution in [0.4, 0.5) is 5.69 Å². The summed E-state index contributed by atoms with van der Waals surface area (Å²) >= 11 is 0. The van der Waals surface area contributed by atoms with Crippen LogP contribution >= 0.6 is 0 Å². The maximum Gasteiger partial charge on any atom is 0.317 e. The van der Waals surface area contributed by atoms with E-state index in [4.69, 9.17) is 5.11 Å². The van der Waals surface area contributed by atoms with Gasteiger partial charge in [-0.05, 0) is 20.8 Å². The maximum atomic E-state index is 10.9. The summed E-state index contributed by atoms with van der Waals surface area (Å²) in [7, 11) is 0. The standard InChI is InChI=1S/C13H18N2O4/c1-13(2,3)14(9-12(16)17)8-10-6-4-5-7-11(10)15(18)19/h4-7H,8-9H2,1-3H3,(H,16,17). The first-order chi connectivity index (χ1) is 8.71. The Hall–Kier alpha value is -1.95. The molecule has 1 aromatic rings. The third-order valence-electron chi connectivity index (χ3n) is 2.82. The van der Waals surface area contributed by atoms with Crippen LogP contribution in [0.15, 0.2) is 24.3 Å². The van der Waals surface area contributed by atoms with E-state index in [0.717, 1.165) is 0 Å². The molecule has 6 heteroatoms. The Morgan fingerprint density at radius 2 is 1.95 bits per heavy atom. The normalized spacial score (nSPS) is 11.6. The van der Waals surface area contributed by atoms with Gasteiger partial charge in [-0.2, -0.15) is 0 Å². The summed E-state index contributed by atoms with van der Waals surface area (Å²) in [5.41, 5.74) is 0.146. The molecule has 0 amide bonds. The van der Waals surface area contributed by atoms with Crippen molar-refractivity contribution in [2.45, 2.75) is 32.9 Å². The van der Waals surface area contributed by atoms with Crippen molar-refractivity contribution in [1.29, 1.82) is 0 Å². The molecule has 0 fully saturated rings. The lowest BCUT2D eigenvalue weighted by Crippen LogP contribution is -2.43. The number of nitrogens with zero attached hydrogens (tertiary/aromatic N) is 2. The molecule has 0 aliphatic rings. The molecule has 6 nitrogen and oxygen atoms in total. The second-order valence-electron chi connectivity index (χ2n) is 5.31. The van der Waals surface area contributed by atoms with E-state index in [1.807, 2.05) is 20.8 Å². The molecule has 0 radical (unpaired) electrons. The highest BCUT2D eigenvalue weighted by Gasteiger charge is 2.26. The van der Waals surface area contributed by atoms with Crippen LogP contribution in [0.25, 0.3) is 0 Å². The first-order valence-electron chi connectivity index (χ1n) is 5.91. The Morgan fingerprint density at radius 1 is 1.37 bits per heavy atom. The minimum atomic E-state index is -0.950. The molecule has 1 rings (SSSR count). The highest BCUT2D eigenvalue weighted by molar-refractivity contribution is 5.69. The second-order valence-corrected chi connectivity index (χ2v) is 5.31. The zero-order chi connectivity index (χ0) is 14.6. The first kappa shape index (κ1) is 15.1. The van der Waals surface area contributed by atoms with Gasteiger partial charge >= 0.3 is 5.97 Å². The topological polar surface area (TPSA) is 83.7 Å². The number of carboxylic acid groups (broad SMARTS) is 1. The van der Waals surface area contributed by atoms with E-state index < -0.39 is 10.9 Å². The number of hydrogen-bond donors (Lipinski definition) is 1. The highest BCUT2D eigenvalue weighted by Crippen LogP contribution is 2.23. The molecule has 0 saturated heterocycles. The van der Waals surface area contributed by atoms with Crippen molar-refractivity contribution in [2.75, 3.05) is 6.54 Å². The largest absolute Gasteiger partial charge is 0.480 e. The third kappa shape index (κ3) is 4.33. The number of nitro groups is 1. The average Bonchev–Trinajstić information content (AvgIpc) is 2.26. The van der Waals surface area contributed by atoms with Crippen LogP contribution in [0.2, 0.25) is 0 Å². The van der Waals surface area contributed by atoms with Crippen molar-refractivity contribution in [2.24, 2.45) is 0 Å². The lowest BCUT2D eigenvalue weighted by Gasteiger charge is -2.34. The van der Waals surface area contributed by atoms with Crippen LogP contribution in [-0.2, 0) is 11.3 Å². The molecule has 0 aliphatic carbocycles. The van der Waals surface area contributed by atoms with E-state index in [1.54, 1.807) is 23.1 Å². The molecule has 0 spiro atoms. The van der Waals surface area contributed by atoms with Gasteiger partial charge in [0.05, 0.1) is 11.5 Å². The number of aliphatic carboxylic acids is 1. The molecule has 0 bridgehead atoms. The monoisotopic (exact) mass is 266 g/mol. The van der Waals surface area contributed by atoms with Crippen molar-refractivity contribution >= 4 is 11.7 Å². The van der Waals surface area contributed by atoms with Gasteiger partial charge in [0.1, 0.15) is 0 Å². The van der Waals surface area contributed by atoms with Gasteiger partial charge in [-0.3, -0.25) is 19.8 Å². The third-order valence-corrected chi connectivity index (χ3v) is 2.82. The fourth-order valence-corrected chi connectivity index (χ4v) is 1.72. The average molecular weight is 266 g/mol. The van der Waals surface area contributed by atoms with Gasteiger partial charge in [-0.15, -0.1) is 0 Å². The highest BCUT2D eigenvalue weighted by atomic mass is 16.6. The summed E-state index contributed by atoms with van der Waals surface area (Å²) in [6, 6.07) is 6.39. The van der Waals surface area contributed by atoms with E-state index in [9.17, 15) is 14.9 Å². The second kappa shape index (κ2) is 5.79. The number of carbonyl (C=O) groups is 1. The molecule has 1 aromatic carbocycles. The number of nitro benzene ring substituents is 1. The molecule has 19 heavy (non-hydrogen) atoms. The van der Waals surface area contributed by atoms with Crippen molar-refractivity contribution < 1.29 is 14.8 Å². The van der Waals surface area contributed by atoms with Gasteiger partial charge in [0, 0.05) is 23.7 Å². The molecule has 1 N–H and O–H groups in total.